The molecule has 0 aliphatic heterocycles. The van der Waals surface area contributed by atoms with Gasteiger partial charge in [0.1, 0.15) is 23.1 Å². The summed E-state index contributed by atoms with van der Waals surface area (Å²) in [5, 5.41) is 9.31. The second kappa shape index (κ2) is 7.19. The number of hydrogen-bond donors (Lipinski definition) is 0. The highest BCUT2D eigenvalue weighted by Gasteiger charge is 2.10. The summed E-state index contributed by atoms with van der Waals surface area (Å²) in [6.45, 7) is 4.40. The fourth-order valence-electron chi connectivity index (χ4n) is 2.10. The zero-order valence-electron chi connectivity index (χ0n) is 12.6. The molecule has 0 aromatic heterocycles. The SMILES string of the molecule is CCC(C)c1ccc(Oc2cccc(SC)c2C#N)cc1. The van der Waals surface area contributed by atoms with Crippen LogP contribution in [0.25, 0.3) is 0 Å². The maximum absolute atomic E-state index is 9.31. The first kappa shape index (κ1) is 15.5. The molecule has 0 saturated heterocycles. The molecule has 2 aromatic rings. The van der Waals surface area contributed by atoms with Crippen LogP contribution in [0, 0.1) is 11.3 Å². The van der Waals surface area contributed by atoms with Crippen molar-refractivity contribution < 1.29 is 4.74 Å². The Hall–Kier alpha value is -1.92. The molecule has 0 heterocycles. The number of benzene rings is 2. The van der Waals surface area contributed by atoms with E-state index in [-0.39, 0.29) is 0 Å². The number of nitrogens with zero attached hydrogens (tertiary/aromatic N) is 1. The molecule has 0 amide bonds. The Kier molecular flexibility index (Phi) is 5.30. The molecule has 0 saturated carbocycles. The van der Waals surface area contributed by atoms with Crippen LogP contribution in [0.1, 0.15) is 37.3 Å². The van der Waals surface area contributed by atoms with E-state index in [1.54, 1.807) is 11.8 Å². The first-order valence-corrected chi connectivity index (χ1v) is 8.27. The molecule has 0 radical (unpaired) electrons. The second-order valence-electron chi connectivity index (χ2n) is 4.93. The van der Waals surface area contributed by atoms with Gasteiger partial charge in [-0.15, -0.1) is 11.8 Å². The number of nitriles is 1. The summed E-state index contributed by atoms with van der Waals surface area (Å²) in [4.78, 5) is 0.936. The lowest BCUT2D eigenvalue weighted by atomic mass is 9.99. The van der Waals surface area contributed by atoms with Crippen LogP contribution in [0.5, 0.6) is 11.5 Å². The van der Waals surface area contributed by atoms with Crippen LogP contribution in [-0.4, -0.2) is 6.26 Å². The summed E-state index contributed by atoms with van der Waals surface area (Å²) in [7, 11) is 0. The second-order valence-corrected chi connectivity index (χ2v) is 5.77. The molecular weight excluding hydrogens is 278 g/mol. The fourth-order valence-corrected chi connectivity index (χ4v) is 2.67. The highest BCUT2D eigenvalue weighted by Crippen LogP contribution is 2.32. The topological polar surface area (TPSA) is 33.0 Å². The lowest BCUT2D eigenvalue weighted by Gasteiger charge is -2.12. The summed E-state index contributed by atoms with van der Waals surface area (Å²) in [6.07, 6.45) is 3.08. The van der Waals surface area contributed by atoms with E-state index in [4.69, 9.17) is 4.74 Å². The third-order valence-corrected chi connectivity index (χ3v) is 4.39. The Morgan fingerprint density at radius 3 is 2.48 bits per heavy atom. The van der Waals surface area contributed by atoms with Crippen molar-refractivity contribution in [3.63, 3.8) is 0 Å². The first-order chi connectivity index (χ1) is 10.2. The standard InChI is InChI=1S/C18H19NOS/c1-4-13(2)14-8-10-15(11-9-14)20-17-6-5-7-18(21-3)16(17)12-19/h5-11,13H,4H2,1-3H3. The van der Waals surface area contributed by atoms with Gasteiger partial charge in [0.05, 0.1) is 0 Å². The smallest absolute Gasteiger partial charge is 0.146 e. The van der Waals surface area contributed by atoms with E-state index < -0.39 is 0 Å². The molecule has 108 valence electrons. The predicted molar refractivity (Wildman–Crippen MR) is 88.2 cm³/mol. The van der Waals surface area contributed by atoms with Gasteiger partial charge in [-0.1, -0.05) is 32.0 Å². The molecule has 0 fully saturated rings. The van der Waals surface area contributed by atoms with Crippen molar-refractivity contribution in [2.45, 2.75) is 31.1 Å². The predicted octanol–water partition coefficient (Wildman–Crippen LogP) is 5.59. The average molecular weight is 297 g/mol. The summed E-state index contributed by atoms with van der Waals surface area (Å²) < 4.78 is 5.88. The van der Waals surface area contributed by atoms with Crippen molar-refractivity contribution in [1.29, 1.82) is 5.26 Å². The zero-order valence-corrected chi connectivity index (χ0v) is 13.4. The average Bonchev–Trinajstić information content (AvgIpc) is 2.54. The van der Waals surface area contributed by atoms with E-state index in [1.165, 1.54) is 5.56 Å². The van der Waals surface area contributed by atoms with Crippen molar-refractivity contribution in [2.75, 3.05) is 6.26 Å². The quantitative estimate of drug-likeness (QED) is 0.675. The molecule has 3 heteroatoms. The fraction of sp³-hybridized carbons (Fsp3) is 0.278. The minimum absolute atomic E-state index is 0.550. The lowest BCUT2D eigenvalue weighted by molar-refractivity contribution is 0.479. The minimum Gasteiger partial charge on any atom is -0.456 e. The molecule has 2 rings (SSSR count). The molecule has 1 unspecified atom stereocenters. The largest absolute Gasteiger partial charge is 0.456 e. The van der Waals surface area contributed by atoms with Crippen molar-refractivity contribution >= 4 is 11.8 Å². The first-order valence-electron chi connectivity index (χ1n) is 7.04. The third-order valence-electron chi connectivity index (χ3n) is 3.61. The van der Waals surface area contributed by atoms with E-state index in [9.17, 15) is 5.26 Å². The normalized spacial score (nSPS) is 11.7. The van der Waals surface area contributed by atoms with Crippen molar-refractivity contribution in [1.82, 2.24) is 0 Å². The molecule has 2 nitrogen and oxygen atoms in total. The number of rotatable bonds is 5. The maximum Gasteiger partial charge on any atom is 0.146 e. The summed E-state index contributed by atoms with van der Waals surface area (Å²) in [6, 6.07) is 16.0. The molecule has 0 bridgehead atoms. The van der Waals surface area contributed by atoms with Crippen LogP contribution >= 0.6 is 11.8 Å². The van der Waals surface area contributed by atoms with Crippen LogP contribution < -0.4 is 4.74 Å². The molecule has 0 aliphatic rings. The molecule has 0 N–H and O–H groups in total. The van der Waals surface area contributed by atoms with Crippen molar-refractivity contribution in [3.05, 3.63) is 53.6 Å². The lowest BCUT2D eigenvalue weighted by Crippen LogP contribution is -1.93. The van der Waals surface area contributed by atoms with Gasteiger partial charge in [-0.05, 0) is 48.4 Å². The van der Waals surface area contributed by atoms with Crippen molar-refractivity contribution in [2.24, 2.45) is 0 Å². The number of thioether (sulfide) groups is 1. The van der Waals surface area contributed by atoms with Crippen LogP contribution in [-0.2, 0) is 0 Å². The summed E-state index contributed by atoms with van der Waals surface area (Å²) in [5.41, 5.74) is 1.90. The number of ether oxygens (including phenoxy) is 1. The summed E-state index contributed by atoms with van der Waals surface area (Å²) >= 11 is 1.55. The van der Waals surface area contributed by atoms with E-state index in [0.29, 0.717) is 17.2 Å². The van der Waals surface area contributed by atoms with Gasteiger partial charge in [-0.25, -0.2) is 0 Å². The molecule has 2 aromatic carbocycles. The Morgan fingerprint density at radius 2 is 1.90 bits per heavy atom. The monoisotopic (exact) mass is 297 g/mol. The van der Waals surface area contributed by atoms with Crippen LogP contribution in [0.3, 0.4) is 0 Å². The Bertz CT molecular complexity index is 643. The Morgan fingerprint density at radius 1 is 1.19 bits per heavy atom. The molecular formula is C18H19NOS. The van der Waals surface area contributed by atoms with Crippen LogP contribution in [0.2, 0.25) is 0 Å². The van der Waals surface area contributed by atoms with Crippen molar-refractivity contribution in [3.8, 4) is 17.6 Å². The Labute approximate surface area is 130 Å². The molecule has 0 aliphatic carbocycles. The van der Waals surface area contributed by atoms with E-state index in [1.807, 2.05) is 36.6 Å². The highest BCUT2D eigenvalue weighted by molar-refractivity contribution is 7.98. The van der Waals surface area contributed by atoms with Gasteiger partial charge in [-0.3, -0.25) is 0 Å². The highest BCUT2D eigenvalue weighted by atomic mass is 32.2. The van der Waals surface area contributed by atoms with Gasteiger partial charge < -0.3 is 4.74 Å². The maximum atomic E-state index is 9.31. The molecule has 0 spiro atoms. The number of hydrogen-bond acceptors (Lipinski definition) is 3. The van der Waals surface area contributed by atoms with Gasteiger partial charge in [0, 0.05) is 4.90 Å². The third kappa shape index (κ3) is 3.59. The summed E-state index contributed by atoms with van der Waals surface area (Å²) in [5.74, 6) is 1.92. The van der Waals surface area contributed by atoms with E-state index in [0.717, 1.165) is 17.1 Å². The van der Waals surface area contributed by atoms with Crippen LogP contribution in [0.4, 0.5) is 0 Å². The van der Waals surface area contributed by atoms with E-state index in [2.05, 4.69) is 32.0 Å². The van der Waals surface area contributed by atoms with Crippen LogP contribution in [0.15, 0.2) is 47.4 Å². The Balaban J connectivity index is 2.25. The van der Waals surface area contributed by atoms with Gasteiger partial charge in [0.2, 0.25) is 0 Å². The zero-order chi connectivity index (χ0) is 15.2. The van der Waals surface area contributed by atoms with E-state index >= 15 is 0 Å². The minimum atomic E-state index is 0.550. The molecule has 21 heavy (non-hydrogen) atoms. The van der Waals surface area contributed by atoms with Gasteiger partial charge >= 0.3 is 0 Å². The van der Waals surface area contributed by atoms with Gasteiger partial charge in [0.15, 0.2) is 0 Å². The van der Waals surface area contributed by atoms with Gasteiger partial charge in [0.25, 0.3) is 0 Å². The molecule has 1 atom stereocenters. The van der Waals surface area contributed by atoms with Gasteiger partial charge in [-0.2, -0.15) is 5.26 Å².